The number of furan rings is 1. The summed E-state index contributed by atoms with van der Waals surface area (Å²) in [6.45, 7) is 3.89. The van der Waals surface area contributed by atoms with Gasteiger partial charge in [0.15, 0.2) is 0 Å². The van der Waals surface area contributed by atoms with E-state index in [-0.39, 0.29) is 24.0 Å². The lowest BCUT2D eigenvalue weighted by atomic mass is 10.0. The van der Waals surface area contributed by atoms with Crippen LogP contribution in [0, 0.1) is 13.8 Å². The SMILES string of the molecule is CNC(=O)c1c(-c2ccc(C)cc2)oc2nc(N(CCc3ccccc3Cl)S(C)(=O)=O)c(C)cc12. The van der Waals surface area contributed by atoms with E-state index in [9.17, 15) is 13.2 Å². The predicted octanol–water partition coefficient (Wildman–Crippen LogP) is 5.13. The largest absolute Gasteiger partial charge is 0.437 e. The molecule has 4 aromatic rings. The van der Waals surface area contributed by atoms with Gasteiger partial charge in [0.25, 0.3) is 5.91 Å². The third kappa shape index (κ3) is 5.04. The molecule has 35 heavy (non-hydrogen) atoms. The molecule has 182 valence electrons. The first-order valence-corrected chi connectivity index (χ1v) is 13.3. The molecule has 7 nitrogen and oxygen atoms in total. The number of nitrogens with one attached hydrogen (secondary N) is 1. The quantitative estimate of drug-likeness (QED) is 0.371. The van der Waals surface area contributed by atoms with Crippen LogP contribution in [0.3, 0.4) is 0 Å². The third-order valence-corrected chi connectivity index (χ3v) is 7.32. The molecule has 9 heteroatoms. The van der Waals surface area contributed by atoms with Gasteiger partial charge in [-0.3, -0.25) is 9.10 Å². The Kier molecular flexibility index (Phi) is 6.87. The average Bonchev–Trinajstić information content (AvgIpc) is 3.17. The number of aromatic nitrogens is 1. The van der Waals surface area contributed by atoms with Crippen molar-refractivity contribution >= 4 is 44.4 Å². The van der Waals surface area contributed by atoms with Gasteiger partial charge in [0.2, 0.25) is 15.7 Å². The molecular weight excluding hydrogens is 486 g/mol. The maximum absolute atomic E-state index is 12.8. The van der Waals surface area contributed by atoms with Crippen molar-refractivity contribution in [3.05, 3.63) is 81.9 Å². The van der Waals surface area contributed by atoms with Crippen LogP contribution in [0.5, 0.6) is 0 Å². The average molecular weight is 512 g/mol. The maximum atomic E-state index is 12.8. The molecule has 2 heterocycles. The van der Waals surface area contributed by atoms with Crippen LogP contribution in [-0.4, -0.2) is 39.2 Å². The second-order valence-electron chi connectivity index (χ2n) is 8.41. The van der Waals surface area contributed by atoms with E-state index in [0.717, 1.165) is 22.9 Å². The second-order valence-corrected chi connectivity index (χ2v) is 10.7. The summed E-state index contributed by atoms with van der Waals surface area (Å²) in [6, 6.07) is 16.7. The van der Waals surface area contributed by atoms with E-state index in [1.54, 1.807) is 26.1 Å². The molecule has 4 rings (SSSR count). The van der Waals surface area contributed by atoms with Crippen molar-refractivity contribution < 1.29 is 17.6 Å². The van der Waals surface area contributed by atoms with Crippen molar-refractivity contribution in [2.45, 2.75) is 20.3 Å². The fourth-order valence-corrected chi connectivity index (χ4v) is 5.13. The topological polar surface area (TPSA) is 92.5 Å². The van der Waals surface area contributed by atoms with Crippen LogP contribution in [-0.2, 0) is 16.4 Å². The number of hydrogen-bond donors (Lipinski definition) is 1. The van der Waals surface area contributed by atoms with Gasteiger partial charge in [-0.05, 0) is 43.5 Å². The minimum Gasteiger partial charge on any atom is -0.437 e. The molecule has 0 bridgehead atoms. The van der Waals surface area contributed by atoms with Gasteiger partial charge in [-0.2, -0.15) is 4.98 Å². The van der Waals surface area contributed by atoms with Crippen LogP contribution < -0.4 is 9.62 Å². The summed E-state index contributed by atoms with van der Waals surface area (Å²) in [5, 5.41) is 3.75. The Morgan fingerprint density at radius 2 is 1.80 bits per heavy atom. The molecule has 0 radical (unpaired) electrons. The van der Waals surface area contributed by atoms with Gasteiger partial charge < -0.3 is 9.73 Å². The lowest BCUT2D eigenvalue weighted by Crippen LogP contribution is -2.33. The van der Waals surface area contributed by atoms with Crippen molar-refractivity contribution in [1.82, 2.24) is 10.3 Å². The normalized spacial score (nSPS) is 11.6. The second kappa shape index (κ2) is 9.71. The Morgan fingerprint density at radius 3 is 2.43 bits per heavy atom. The van der Waals surface area contributed by atoms with E-state index >= 15 is 0 Å². The molecule has 0 aliphatic carbocycles. The highest BCUT2D eigenvalue weighted by Crippen LogP contribution is 2.36. The molecule has 0 unspecified atom stereocenters. The first-order valence-electron chi connectivity index (χ1n) is 11.0. The maximum Gasteiger partial charge on any atom is 0.255 e. The number of anilines is 1. The smallest absolute Gasteiger partial charge is 0.255 e. The molecule has 2 aromatic carbocycles. The molecule has 0 saturated heterocycles. The third-order valence-electron chi connectivity index (χ3n) is 5.79. The van der Waals surface area contributed by atoms with Gasteiger partial charge in [0, 0.05) is 24.2 Å². The zero-order valence-electron chi connectivity index (χ0n) is 19.9. The van der Waals surface area contributed by atoms with E-state index in [1.165, 1.54) is 4.31 Å². The van der Waals surface area contributed by atoms with Crippen LogP contribution in [0.2, 0.25) is 5.02 Å². The number of amides is 1. The number of fused-ring (bicyclic) bond motifs is 1. The molecule has 1 N–H and O–H groups in total. The van der Waals surface area contributed by atoms with Gasteiger partial charge in [0.05, 0.1) is 17.2 Å². The highest BCUT2D eigenvalue weighted by Gasteiger charge is 2.27. The Bertz CT molecular complexity index is 1510. The van der Waals surface area contributed by atoms with Gasteiger partial charge in [-0.1, -0.05) is 59.6 Å². The molecule has 1 amide bonds. The van der Waals surface area contributed by atoms with Crippen LogP contribution in [0.1, 0.15) is 27.0 Å². The fraction of sp³-hybridized carbons (Fsp3) is 0.231. The molecule has 0 fully saturated rings. The highest BCUT2D eigenvalue weighted by molar-refractivity contribution is 7.92. The van der Waals surface area contributed by atoms with Gasteiger partial charge in [-0.15, -0.1) is 0 Å². The van der Waals surface area contributed by atoms with Crippen LogP contribution in [0.15, 0.2) is 59.0 Å². The van der Waals surface area contributed by atoms with E-state index in [1.807, 2.05) is 49.4 Å². The summed E-state index contributed by atoms with van der Waals surface area (Å²) in [7, 11) is -2.12. The van der Waals surface area contributed by atoms with E-state index in [0.29, 0.717) is 33.7 Å². The number of hydrogen-bond acceptors (Lipinski definition) is 5. The number of nitrogens with zero attached hydrogens (tertiary/aromatic N) is 2. The Hall–Kier alpha value is -3.36. The van der Waals surface area contributed by atoms with Crippen LogP contribution in [0.4, 0.5) is 5.82 Å². The summed E-state index contributed by atoms with van der Waals surface area (Å²) < 4.78 is 32.9. The molecule has 0 spiro atoms. The zero-order chi connectivity index (χ0) is 25.3. The van der Waals surface area contributed by atoms with Crippen molar-refractivity contribution in [3.8, 4) is 11.3 Å². The molecule has 0 saturated carbocycles. The summed E-state index contributed by atoms with van der Waals surface area (Å²) in [5.41, 5.74) is 3.78. The van der Waals surface area contributed by atoms with Crippen LogP contribution in [0.25, 0.3) is 22.4 Å². The fourth-order valence-electron chi connectivity index (χ4n) is 3.98. The molecule has 0 aliphatic rings. The van der Waals surface area contributed by atoms with Crippen molar-refractivity contribution in [3.63, 3.8) is 0 Å². The number of pyridine rings is 1. The minimum absolute atomic E-state index is 0.149. The first kappa shape index (κ1) is 24.8. The number of aryl methyl sites for hydroxylation is 2. The Labute approximate surface area is 209 Å². The molecule has 2 aromatic heterocycles. The lowest BCUT2D eigenvalue weighted by Gasteiger charge is -2.23. The van der Waals surface area contributed by atoms with Crippen molar-refractivity contribution in [1.29, 1.82) is 0 Å². The predicted molar refractivity (Wildman–Crippen MR) is 140 cm³/mol. The van der Waals surface area contributed by atoms with E-state index < -0.39 is 10.0 Å². The molecule has 0 aliphatic heterocycles. The Balaban J connectivity index is 1.84. The van der Waals surface area contributed by atoms with E-state index in [2.05, 4.69) is 10.3 Å². The minimum atomic E-state index is -3.67. The summed E-state index contributed by atoms with van der Waals surface area (Å²) in [4.78, 5) is 17.4. The zero-order valence-corrected chi connectivity index (χ0v) is 21.5. The summed E-state index contributed by atoms with van der Waals surface area (Å²) in [6.07, 6.45) is 1.54. The number of rotatable bonds is 7. The highest BCUT2D eigenvalue weighted by atomic mass is 35.5. The first-order chi connectivity index (χ1) is 16.6. The van der Waals surface area contributed by atoms with Crippen LogP contribution >= 0.6 is 11.6 Å². The number of sulfonamides is 1. The summed E-state index contributed by atoms with van der Waals surface area (Å²) in [5.74, 6) is 0.317. The lowest BCUT2D eigenvalue weighted by molar-refractivity contribution is 0.0964. The summed E-state index contributed by atoms with van der Waals surface area (Å²) >= 11 is 6.27. The number of carbonyl (C=O) groups excluding carboxylic acids is 1. The Morgan fingerprint density at radius 1 is 1.11 bits per heavy atom. The number of benzene rings is 2. The van der Waals surface area contributed by atoms with Gasteiger partial charge in [0.1, 0.15) is 11.6 Å². The molecule has 0 atom stereocenters. The van der Waals surface area contributed by atoms with Crippen molar-refractivity contribution in [2.75, 3.05) is 24.2 Å². The standard InChI is InChI=1S/C26H26ClN3O4S/c1-16-9-11-19(12-10-16)23-22(25(31)28-3)20-15-17(2)24(29-26(20)34-23)30(35(4,32)33)14-13-18-7-5-6-8-21(18)27/h5-12,15H,13-14H2,1-4H3,(H,28,31). The van der Waals surface area contributed by atoms with Gasteiger partial charge in [-0.25, -0.2) is 8.42 Å². The van der Waals surface area contributed by atoms with E-state index in [4.69, 9.17) is 16.0 Å². The van der Waals surface area contributed by atoms with Crippen molar-refractivity contribution in [2.24, 2.45) is 0 Å². The molecular formula is C26H26ClN3O4S. The number of halogens is 1. The van der Waals surface area contributed by atoms with Gasteiger partial charge >= 0.3 is 0 Å². The monoisotopic (exact) mass is 511 g/mol. The number of carbonyl (C=O) groups is 1.